The van der Waals surface area contributed by atoms with Gasteiger partial charge in [-0.25, -0.2) is 15.1 Å². The number of aliphatic hydroxyl groups is 1. The minimum Gasteiger partial charge on any atom is -0.394 e. The first kappa shape index (κ1) is 89.6. The number of halogens is 1. The molecular weight excluding hydrogens is 1490 g/mol. The second kappa shape index (κ2) is 45.2. The number of likely N-dealkylation sites (tertiary alicyclic amines) is 1. The van der Waals surface area contributed by atoms with Crippen LogP contribution < -0.4 is 80.7 Å². The highest BCUT2D eigenvalue weighted by atomic mass is 35.5. The van der Waals surface area contributed by atoms with Crippen LogP contribution in [0.15, 0.2) is 140 Å². The number of carbonyl (C=O) groups is 13. The number of aliphatic hydroxyl groups excluding tert-OH is 1. The molecule has 1 aliphatic heterocycles. The Morgan fingerprint density at radius 2 is 1.03 bits per heavy atom. The summed E-state index contributed by atoms with van der Waals surface area (Å²) in [4.78, 5) is 193. The average molecular weight is 1590 g/mol. The molecule has 1 aliphatic rings. The van der Waals surface area contributed by atoms with Gasteiger partial charge < -0.3 is 85.3 Å². The molecule has 1 saturated heterocycles. The first-order valence-corrected chi connectivity index (χ1v) is 38.5. The van der Waals surface area contributed by atoms with Gasteiger partial charge in [-0.1, -0.05) is 131 Å². The largest absolute Gasteiger partial charge is 0.394 e. The first-order valence-electron chi connectivity index (χ1n) is 38.1. The Kier molecular flexibility index (Phi) is 35.5. The van der Waals surface area contributed by atoms with Crippen molar-refractivity contribution in [2.45, 2.75) is 191 Å². The number of anilines is 2. The van der Waals surface area contributed by atoms with Crippen LogP contribution in [0.25, 0.3) is 10.8 Å². The van der Waals surface area contributed by atoms with Crippen molar-refractivity contribution in [2.24, 2.45) is 17.4 Å². The van der Waals surface area contributed by atoms with Crippen LogP contribution in [0.1, 0.15) is 121 Å². The Hall–Kier alpha value is -11.6. The maximum Gasteiger partial charge on any atom is 0.343 e. The predicted molar refractivity (Wildman–Crippen MR) is 429 cm³/mol. The number of rotatable bonds is 43. The smallest absolute Gasteiger partial charge is 0.343 e. The molecule has 32 nitrogen and oxygen atoms in total. The summed E-state index contributed by atoms with van der Waals surface area (Å²) in [7, 11) is 1.24. The van der Waals surface area contributed by atoms with Crippen molar-refractivity contribution in [1.82, 2.24) is 68.5 Å². The lowest BCUT2D eigenvalue weighted by atomic mass is 9.99. The summed E-state index contributed by atoms with van der Waals surface area (Å²) in [5, 5.41) is 46.3. The van der Waals surface area contributed by atoms with Crippen LogP contribution in [0.2, 0.25) is 5.02 Å². The molecule has 6 aromatic rings. The van der Waals surface area contributed by atoms with Gasteiger partial charge in [0.15, 0.2) is 0 Å². The summed E-state index contributed by atoms with van der Waals surface area (Å²) in [6, 6.07) is 19.6. The zero-order chi connectivity index (χ0) is 83.0. The molecular formula is C81H106ClN17O15. The molecule has 33 heteroatoms. The van der Waals surface area contributed by atoms with Crippen molar-refractivity contribution in [3.05, 3.63) is 173 Å². The molecule has 0 saturated carbocycles. The van der Waals surface area contributed by atoms with Crippen LogP contribution in [0.4, 0.5) is 21.0 Å². The fraction of sp³-hybridized carbons (Fsp3) is 0.432. The zero-order valence-electron chi connectivity index (χ0n) is 65.1. The first-order chi connectivity index (χ1) is 54.5. The minimum atomic E-state index is -1.88. The molecule has 0 aliphatic carbocycles. The highest BCUT2D eigenvalue weighted by Crippen LogP contribution is 2.23. The molecule has 612 valence electrons. The number of aromatic nitrogens is 1. The Morgan fingerprint density at radius 1 is 0.544 bits per heavy atom. The van der Waals surface area contributed by atoms with Gasteiger partial charge in [0, 0.05) is 79.9 Å². The normalized spacial score (nSPS) is 14.9. The summed E-state index contributed by atoms with van der Waals surface area (Å²) in [6.07, 6.45) is 4.30. The van der Waals surface area contributed by atoms with Crippen molar-refractivity contribution in [3.63, 3.8) is 0 Å². The monoisotopic (exact) mass is 1590 g/mol. The molecule has 0 bridgehead atoms. The van der Waals surface area contributed by atoms with E-state index >= 15 is 14.4 Å². The van der Waals surface area contributed by atoms with E-state index in [-0.39, 0.29) is 87.7 Å². The number of urea groups is 2. The van der Waals surface area contributed by atoms with Crippen molar-refractivity contribution < 1.29 is 72.3 Å². The van der Waals surface area contributed by atoms with Gasteiger partial charge in [0.2, 0.25) is 65.0 Å². The molecule has 7 rings (SSSR count). The minimum absolute atomic E-state index is 0.00320. The van der Waals surface area contributed by atoms with Gasteiger partial charge in [-0.05, 0) is 145 Å². The van der Waals surface area contributed by atoms with Crippen LogP contribution in [-0.2, 0) is 89.7 Å². The van der Waals surface area contributed by atoms with Gasteiger partial charge in [-0.3, -0.25) is 62.6 Å². The Morgan fingerprint density at radius 3 is 1.54 bits per heavy atom. The molecule has 10 atom stereocenters. The van der Waals surface area contributed by atoms with Crippen LogP contribution in [-0.4, -0.2) is 185 Å². The predicted octanol–water partition coefficient (Wildman–Crippen LogP) is 3.44. The SMILES string of the molecule is CCCC(=O)N[C@H](Cc1ccc2ccccc2c1)C(=O)N[C@H](Cc1ccc(Cl)cc1)C(=O)N[C@H](Cc1cccnc1)C(=O)N[C@@H](CO)C(=O)N[C@@H](Cc1ccc(NC(=O)NOC)cc1)C(=O)N[C@H](Cc1ccc(NC(N)=O)cc1)C(=O)N[C@@H](CC(C)C)C(=O)N[C@@H](CCCCNC(C)C)C(=O)N1CCC[C@H]1C(=O)N[C@H](C)C(N)=O. The standard InChI is InChI=1S/C81H106ClN17O15/c1-8-15-69(101)90-62(43-53-21-28-55-17-9-10-18-56(55)39-53)72(104)93-63(40-50-22-29-57(82)30-23-50)74(106)95-66(44-54-16-13-35-85-45-54)76(108)97-67(46-100)77(109)96-65(42-52-26-33-59(34-27-52)89-81(113)98-114-7)75(107)94-64(41-51-24-31-58(32-25-51)88-80(84)112)73(105)92-61(38-47(2)3)71(103)91-60(19-11-12-36-86-48(4)5)79(111)99-37-14-20-68(99)78(110)87-49(6)70(83)102/h9-10,13,16-18,21-35,39,45,47-49,60-68,86,100H,8,11-12,14-15,19-20,36-38,40-44,46H2,1-7H3,(H2,83,102)(H,87,110)(H,90,101)(H,91,103)(H,92,105)(H,93,104)(H,94,107)(H,95,106)(H,96,109)(H,97,108)(H3,84,88,112)(H2,89,98,113)/t49-,60+,61+,62-,63-,64-,65+,66-,67+,68+/m1/s1. The molecule has 0 unspecified atom stereocenters. The highest BCUT2D eigenvalue weighted by Gasteiger charge is 2.41. The Balaban J connectivity index is 1.20. The molecule has 5 aromatic carbocycles. The molecule has 2 heterocycles. The summed E-state index contributed by atoms with van der Waals surface area (Å²) in [5.74, 6) is -9.12. The second-order valence-corrected chi connectivity index (χ2v) is 29.3. The summed E-state index contributed by atoms with van der Waals surface area (Å²) in [6.45, 7) is 10.4. The number of benzene rings is 5. The second-order valence-electron chi connectivity index (χ2n) is 28.9. The number of nitrogens with zero attached hydrogens (tertiary/aromatic N) is 2. The van der Waals surface area contributed by atoms with Gasteiger partial charge >= 0.3 is 12.1 Å². The van der Waals surface area contributed by atoms with Crippen molar-refractivity contribution >= 4 is 111 Å². The third-order valence-electron chi connectivity index (χ3n) is 18.8. The van der Waals surface area contributed by atoms with E-state index in [0.717, 1.165) is 10.8 Å². The van der Waals surface area contributed by atoms with E-state index in [1.807, 2.05) is 63.2 Å². The number of nitrogens with two attached hydrogens (primary N) is 2. The van der Waals surface area contributed by atoms with E-state index in [0.29, 0.717) is 65.1 Å². The molecule has 18 N–H and O–H groups in total. The number of pyridine rings is 1. The number of carbonyl (C=O) groups excluding carboxylic acids is 13. The highest BCUT2D eigenvalue weighted by molar-refractivity contribution is 6.30. The number of amides is 15. The lowest BCUT2D eigenvalue weighted by molar-refractivity contribution is -0.142. The third-order valence-corrected chi connectivity index (χ3v) is 19.1. The molecule has 15 amide bonds. The lowest BCUT2D eigenvalue weighted by Gasteiger charge is -2.31. The molecule has 0 radical (unpaired) electrons. The third kappa shape index (κ3) is 29.2. The summed E-state index contributed by atoms with van der Waals surface area (Å²) < 4.78 is 0. The van der Waals surface area contributed by atoms with Gasteiger partial charge in [-0.15, -0.1) is 0 Å². The van der Waals surface area contributed by atoms with Gasteiger partial charge in [0.25, 0.3) is 0 Å². The van der Waals surface area contributed by atoms with Gasteiger partial charge in [0.1, 0.15) is 60.4 Å². The van der Waals surface area contributed by atoms with E-state index in [1.165, 1.54) is 67.7 Å². The van der Waals surface area contributed by atoms with Crippen LogP contribution in [0.3, 0.4) is 0 Å². The van der Waals surface area contributed by atoms with E-state index in [4.69, 9.17) is 27.9 Å². The number of fused-ring (bicyclic) bond motifs is 1. The number of unbranched alkanes of at least 4 members (excludes halogenated alkanes) is 1. The Labute approximate surface area is 667 Å². The Bertz CT molecular complexity index is 4270. The zero-order valence-corrected chi connectivity index (χ0v) is 65.9. The van der Waals surface area contributed by atoms with Crippen molar-refractivity contribution in [2.75, 3.05) is 37.4 Å². The van der Waals surface area contributed by atoms with Crippen molar-refractivity contribution in [3.8, 4) is 0 Å². The van der Waals surface area contributed by atoms with Crippen molar-refractivity contribution in [1.29, 1.82) is 0 Å². The molecule has 114 heavy (non-hydrogen) atoms. The average Bonchev–Trinajstić information content (AvgIpc) is 1.55. The quantitative estimate of drug-likeness (QED) is 0.0193. The fourth-order valence-corrected chi connectivity index (χ4v) is 13.0. The van der Waals surface area contributed by atoms with Crippen LogP contribution in [0, 0.1) is 5.92 Å². The number of hydrogen-bond donors (Lipinski definition) is 16. The number of hydroxylamine groups is 1. The molecule has 1 fully saturated rings. The number of nitrogens with one attached hydrogen (secondary N) is 13. The lowest BCUT2D eigenvalue weighted by Crippen LogP contribution is -2.62. The number of hydrogen-bond acceptors (Lipinski definition) is 17. The van der Waals surface area contributed by atoms with Gasteiger partial charge in [0.05, 0.1) is 13.7 Å². The fourth-order valence-electron chi connectivity index (χ4n) is 12.9. The van der Waals surface area contributed by atoms with Gasteiger partial charge in [-0.2, -0.15) is 0 Å². The van der Waals surface area contributed by atoms with E-state index in [2.05, 4.69) is 74.3 Å². The molecule has 1 aromatic heterocycles. The topological polar surface area (TPSA) is 476 Å². The maximum absolute atomic E-state index is 15.4. The maximum atomic E-state index is 15.4. The number of primary amides is 2. The summed E-state index contributed by atoms with van der Waals surface area (Å²) in [5.41, 5.74) is 16.0. The van der Waals surface area contributed by atoms with Crippen LogP contribution in [0.5, 0.6) is 0 Å². The van der Waals surface area contributed by atoms with E-state index < -0.39 is 144 Å². The van der Waals surface area contributed by atoms with E-state index in [9.17, 15) is 53.1 Å². The molecule has 0 spiro atoms. The summed E-state index contributed by atoms with van der Waals surface area (Å²) >= 11 is 6.29. The van der Waals surface area contributed by atoms with E-state index in [1.54, 1.807) is 62.4 Å². The van der Waals surface area contributed by atoms with Crippen LogP contribution >= 0.6 is 11.6 Å².